The molecule has 1 aromatic heterocycles. The molecule has 18 heavy (non-hydrogen) atoms. The minimum atomic E-state index is -0.291. The first-order valence-electron chi connectivity index (χ1n) is 6.67. The number of hydrogen-bond acceptors (Lipinski definition) is 4. The molecular formula is C14H17N3O. The van der Waals surface area contributed by atoms with Crippen LogP contribution < -0.4 is 0 Å². The first-order valence-corrected chi connectivity index (χ1v) is 6.67. The standard InChI is InChI=1S/C14H17N3O/c18-13-11-7-16-5-6-17(8-11)10-14(13,9-16)12-1-3-15-4-2-12/h1-4,11H,5-10H2. The zero-order valence-corrected chi connectivity index (χ0v) is 10.4. The summed E-state index contributed by atoms with van der Waals surface area (Å²) in [4.78, 5) is 21.8. The highest BCUT2D eigenvalue weighted by molar-refractivity contribution is 5.94. The Morgan fingerprint density at radius 1 is 1.11 bits per heavy atom. The van der Waals surface area contributed by atoms with Gasteiger partial charge in [0.1, 0.15) is 0 Å². The van der Waals surface area contributed by atoms with Gasteiger partial charge in [0.25, 0.3) is 0 Å². The van der Waals surface area contributed by atoms with E-state index in [2.05, 4.69) is 14.8 Å². The number of Topliss-reactive ketones (excluding diaryl/α,β-unsaturated/α-hetero) is 1. The van der Waals surface area contributed by atoms with E-state index in [4.69, 9.17) is 0 Å². The molecule has 4 heteroatoms. The lowest BCUT2D eigenvalue weighted by Gasteiger charge is -2.48. The molecule has 4 saturated heterocycles. The number of rotatable bonds is 1. The van der Waals surface area contributed by atoms with Gasteiger partial charge in [-0.1, -0.05) is 0 Å². The molecule has 0 amide bonds. The number of ketones is 1. The number of carbonyl (C=O) groups is 1. The second-order valence-electron chi connectivity index (χ2n) is 5.85. The van der Waals surface area contributed by atoms with E-state index in [1.165, 1.54) is 0 Å². The highest BCUT2D eigenvalue weighted by Gasteiger charge is 2.54. The van der Waals surface area contributed by atoms with Gasteiger partial charge < -0.3 is 0 Å². The quantitative estimate of drug-likeness (QED) is 0.703. The molecule has 1 aromatic rings. The van der Waals surface area contributed by atoms with E-state index >= 15 is 0 Å². The summed E-state index contributed by atoms with van der Waals surface area (Å²) >= 11 is 0. The highest BCUT2D eigenvalue weighted by Crippen LogP contribution is 2.39. The summed E-state index contributed by atoms with van der Waals surface area (Å²) < 4.78 is 0. The Kier molecular flexibility index (Phi) is 2.14. The number of carbonyl (C=O) groups excluding carboxylic acids is 1. The minimum absolute atomic E-state index is 0.211. The molecule has 4 bridgehead atoms. The van der Waals surface area contributed by atoms with Crippen LogP contribution >= 0.6 is 0 Å². The topological polar surface area (TPSA) is 36.4 Å². The summed E-state index contributed by atoms with van der Waals surface area (Å²) in [5.74, 6) is 0.672. The van der Waals surface area contributed by atoms with Crippen molar-refractivity contribution in [2.75, 3.05) is 39.3 Å². The van der Waals surface area contributed by atoms with E-state index < -0.39 is 0 Å². The van der Waals surface area contributed by atoms with Crippen molar-refractivity contribution in [3.05, 3.63) is 30.1 Å². The summed E-state index contributed by atoms with van der Waals surface area (Å²) in [6, 6.07) is 4.04. The molecule has 5 rings (SSSR count). The highest BCUT2D eigenvalue weighted by atomic mass is 16.1. The monoisotopic (exact) mass is 243 g/mol. The largest absolute Gasteiger partial charge is 0.300 e. The smallest absolute Gasteiger partial charge is 0.151 e. The van der Waals surface area contributed by atoms with E-state index in [9.17, 15) is 4.79 Å². The van der Waals surface area contributed by atoms with Gasteiger partial charge in [0, 0.05) is 57.6 Å². The molecule has 2 atom stereocenters. The third-order valence-electron chi connectivity index (χ3n) is 4.75. The lowest BCUT2D eigenvalue weighted by Crippen LogP contribution is -2.63. The Bertz CT molecular complexity index is 471. The fourth-order valence-electron chi connectivity index (χ4n) is 3.96. The summed E-state index contributed by atoms with van der Waals surface area (Å²) in [5, 5.41) is 0. The van der Waals surface area contributed by atoms with E-state index in [1.54, 1.807) is 0 Å². The van der Waals surface area contributed by atoms with Gasteiger partial charge in [0.2, 0.25) is 0 Å². The molecule has 4 aliphatic heterocycles. The average Bonchev–Trinajstić information content (AvgIpc) is 2.65. The van der Waals surface area contributed by atoms with Gasteiger partial charge in [0.05, 0.1) is 5.41 Å². The van der Waals surface area contributed by atoms with Crippen molar-refractivity contribution in [3.63, 3.8) is 0 Å². The van der Waals surface area contributed by atoms with Crippen LogP contribution in [0, 0.1) is 5.92 Å². The fourth-order valence-corrected chi connectivity index (χ4v) is 3.96. The lowest BCUT2D eigenvalue weighted by molar-refractivity contribution is -0.137. The molecule has 0 N–H and O–H groups in total. The Hall–Kier alpha value is -1.26. The lowest BCUT2D eigenvalue weighted by atomic mass is 9.67. The third kappa shape index (κ3) is 1.33. The maximum absolute atomic E-state index is 12.8. The van der Waals surface area contributed by atoms with E-state index in [-0.39, 0.29) is 11.3 Å². The summed E-state index contributed by atoms with van der Waals surface area (Å²) in [6.45, 7) is 5.92. The van der Waals surface area contributed by atoms with Gasteiger partial charge in [-0.15, -0.1) is 0 Å². The van der Waals surface area contributed by atoms with Crippen LogP contribution in [0.3, 0.4) is 0 Å². The summed E-state index contributed by atoms with van der Waals surface area (Å²) in [7, 11) is 0. The van der Waals surface area contributed by atoms with Crippen molar-refractivity contribution in [2.45, 2.75) is 5.41 Å². The van der Waals surface area contributed by atoms with Gasteiger partial charge in [-0.3, -0.25) is 19.6 Å². The second-order valence-corrected chi connectivity index (χ2v) is 5.85. The molecule has 0 aromatic carbocycles. The molecule has 4 aliphatic rings. The molecule has 0 spiro atoms. The van der Waals surface area contributed by atoms with Gasteiger partial charge in [-0.05, 0) is 17.7 Å². The number of aromatic nitrogens is 1. The molecule has 0 aliphatic carbocycles. The second kappa shape index (κ2) is 3.62. The summed E-state index contributed by atoms with van der Waals surface area (Å²) in [5.41, 5.74) is 0.865. The van der Waals surface area contributed by atoms with E-state index in [0.717, 1.165) is 44.8 Å². The van der Waals surface area contributed by atoms with Crippen molar-refractivity contribution in [2.24, 2.45) is 5.92 Å². The van der Waals surface area contributed by atoms with Gasteiger partial charge >= 0.3 is 0 Å². The van der Waals surface area contributed by atoms with Crippen molar-refractivity contribution >= 4 is 5.78 Å². The average molecular weight is 243 g/mol. The van der Waals surface area contributed by atoms with Gasteiger partial charge in [-0.2, -0.15) is 0 Å². The maximum atomic E-state index is 12.8. The SMILES string of the molecule is O=C1C2CN3CCN(C2)CC1(c1ccncc1)C3. The van der Waals surface area contributed by atoms with Crippen molar-refractivity contribution in [1.82, 2.24) is 14.8 Å². The van der Waals surface area contributed by atoms with Gasteiger partial charge in [-0.25, -0.2) is 0 Å². The van der Waals surface area contributed by atoms with E-state index in [1.807, 2.05) is 24.5 Å². The molecule has 2 unspecified atom stereocenters. The maximum Gasteiger partial charge on any atom is 0.151 e. The van der Waals surface area contributed by atoms with Crippen LogP contribution in [-0.4, -0.2) is 59.8 Å². The number of piperidine rings is 2. The minimum Gasteiger partial charge on any atom is -0.300 e. The van der Waals surface area contributed by atoms with Crippen LogP contribution in [0.15, 0.2) is 24.5 Å². The molecule has 0 radical (unpaired) electrons. The number of pyridine rings is 1. The molecule has 4 fully saturated rings. The van der Waals surface area contributed by atoms with Crippen molar-refractivity contribution in [3.8, 4) is 0 Å². The molecule has 0 saturated carbocycles. The first kappa shape index (κ1) is 10.6. The van der Waals surface area contributed by atoms with Crippen LogP contribution in [0.2, 0.25) is 0 Å². The zero-order valence-electron chi connectivity index (χ0n) is 10.4. The van der Waals surface area contributed by atoms with Crippen LogP contribution in [0.25, 0.3) is 0 Å². The predicted molar refractivity (Wildman–Crippen MR) is 67.3 cm³/mol. The first-order chi connectivity index (χ1) is 8.78. The normalized spacial score (nSPS) is 42.0. The van der Waals surface area contributed by atoms with Crippen molar-refractivity contribution in [1.29, 1.82) is 0 Å². The van der Waals surface area contributed by atoms with Gasteiger partial charge in [0.15, 0.2) is 5.78 Å². The van der Waals surface area contributed by atoms with Crippen molar-refractivity contribution < 1.29 is 4.79 Å². The Balaban J connectivity index is 1.85. The van der Waals surface area contributed by atoms with Crippen LogP contribution in [0.1, 0.15) is 5.56 Å². The van der Waals surface area contributed by atoms with Crippen LogP contribution in [0.5, 0.6) is 0 Å². The molecule has 4 nitrogen and oxygen atoms in total. The number of nitrogens with zero attached hydrogens (tertiary/aromatic N) is 3. The number of fused-ring (bicyclic) bond motifs is 1. The summed E-state index contributed by atoms with van der Waals surface area (Å²) in [6.07, 6.45) is 3.62. The Morgan fingerprint density at radius 3 is 2.33 bits per heavy atom. The van der Waals surface area contributed by atoms with E-state index in [0.29, 0.717) is 5.78 Å². The Morgan fingerprint density at radius 2 is 1.72 bits per heavy atom. The molecular weight excluding hydrogens is 226 g/mol. The fraction of sp³-hybridized carbons (Fsp3) is 0.571. The zero-order chi connectivity index (χ0) is 12.2. The van der Waals surface area contributed by atoms with Crippen LogP contribution in [0.4, 0.5) is 0 Å². The number of hydrogen-bond donors (Lipinski definition) is 0. The predicted octanol–water partition coefficient (Wildman–Crippen LogP) is 0.149. The Labute approximate surface area is 107 Å². The van der Waals surface area contributed by atoms with Crippen LogP contribution in [-0.2, 0) is 10.2 Å². The molecule has 5 heterocycles. The third-order valence-corrected chi connectivity index (χ3v) is 4.75. The molecule has 94 valence electrons.